The molecule has 0 nitrogen and oxygen atoms in total. The SMILES string of the molecule is C1C[C@H]2C[C@H]3CC[C@@]32C1. The molecule has 0 unspecified atom stereocenters. The van der Waals surface area contributed by atoms with E-state index >= 15 is 0 Å². The molecule has 0 saturated heterocycles. The van der Waals surface area contributed by atoms with Crippen LogP contribution in [0.15, 0.2) is 0 Å². The van der Waals surface area contributed by atoms with Crippen molar-refractivity contribution in [3.8, 4) is 0 Å². The molecular formula is C9H14. The van der Waals surface area contributed by atoms with Crippen molar-refractivity contribution in [2.75, 3.05) is 0 Å². The molecule has 0 amide bonds. The summed E-state index contributed by atoms with van der Waals surface area (Å²) in [4.78, 5) is 0. The molecular weight excluding hydrogens is 108 g/mol. The quantitative estimate of drug-likeness (QED) is 0.463. The third kappa shape index (κ3) is 0.342. The maximum absolute atomic E-state index is 1.61. The fraction of sp³-hybridized carbons (Fsp3) is 1.00. The number of rotatable bonds is 0. The zero-order valence-electron chi connectivity index (χ0n) is 5.90. The van der Waals surface area contributed by atoms with Crippen molar-refractivity contribution in [3.63, 3.8) is 0 Å². The van der Waals surface area contributed by atoms with Gasteiger partial charge in [0.15, 0.2) is 0 Å². The molecule has 0 aromatic rings. The molecule has 3 aliphatic carbocycles. The molecule has 3 aliphatic rings. The molecule has 0 N–H and O–H groups in total. The predicted molar refractivity (Wildman–Crippen MR) is 37.1 cm³/mol. The van der Waals surface area contributed by atoms with Crippen LogP contribution >= 0.6 is 0 Å². The first-order valence-corrected chi connectivity index (χ1v) is 4.42. The van der Waals surface area contributed by atoms with Crippen molar-refractivity contribution in [2.45, 2.75) is 38.5 Å². The maximum Gasteiger partial charge on any atom is -0.0241 e. The van der Waals surface area contributed by atoms with E-state index in [1.165, 1.54) is 11.8 Å². The highest BCUT2D eigenvalue weighted by molar-refractivity contribution is 5.11. The second-order valence-corrected chi connectivity index (χ2v) is 4.29. The second-order valence-electron chi connectivity index (χ2n) is 4.29. The van der Waals surface area contributed by atoms with Crippen molar-refractivity contribution in [1.82, 2.24) is 0 Å². The lowest BCUT2D eigenvalue weighted by Gasteiger charge is -2.61. The zero-order chi connectivity index (χ0) is 5.90. The average molecular weight is 122 g/mol. The lowest BCUT2D eigenvalue weighted by atomic mass is 9.43. The highest BCUT2D eigenvalue weighted by Crippen LogP contribution is 2.71. The van der Waals surface area contributed by atoms with E-state index in [0.29, 0.717) is 0 Å². The van der Waals surface area contributed by atoms with Gasteiger partial charge in [-0.2, -0.15) is 0 Å². The number of hydrogen-bond donors (Lipinski definition) is 0. The molecule has 3 saturated carbocycles. The van der Waals surface area contributed by atoms with Crippen molar-refractivity contribution in [2.24, 2.45) is 17.3 Å². The van der Waals surface area contributed by atoms with Gasteiger partial charge in [-0.25, -0.2) is 0 Å². The summed E-state index contributed by atoms with van der Waals surface area (Å²) >= 11 is 0. The summed E-state index contributed by atoms with van der Waals surface area (Å²) in [7, 11) is 0. The van der Waals surface area contributed by atoms with Crippen LogP contribution in [-0.4, -0.2) is 0 Å². The lowest BCUT2D eigenvalue weighted by Crippen LogP contribution is -2.53. The van der Waals surface area contributed by atoms with Gasteiger partial charge in [-0.1, -0.05) is 6.42 Å². The molecule has 0 aliphatic heterocycles. The van der Waals surface area contributed by atoms with Gasteiger partial charge in [-0.3, -0.25) is 0 Å². The molecule has 50 valence electrons. The molecule has 9 heavy (non-hydrogen) atoms. The van der Waals surface area contributed by atoms with E-state index in [1.54, 1.807) is 38.5 Å². The second kappa shape index (κ2) is 1.21. The minimum Gasteiger partial charge on any atom is -0.0525 e. The van der Waals surface area contributed by atoms with Crippen molar-refractivity contribution in [3.05, 3.63) is 0 Å². The summed E-state index contributed by atoms with van der Waals surface area (Å²) < 4.78 is 0. The normalized spacial score (nSPS) is 61.3. The summed E-state index contributed by atoms with van der Waals surface area (Å²) in [6.07, 6.45) is 9.53. The van der Waals surface area contributed by atoms with E-state index in [4.69, 9.17) is 0 Å². The van der Waals surface area contributed by atoms with E-state index in [0.717, 1.165) is 5.41 Å². The van der Waals surface area contributed by atoms with Crippen LogP contribution < -0.4 is 0 Å². The van der Waals surface area contributed by atoms with Gasteiger partial charge in [0, 0.05) is 0 Å². The van der Waals surface area contributed by atoms with Crippen molar-refractivity contribution >= 4 is 0 Å². The Kier molecular flexibility index (Phi) is 0.640. The summed E-state index contributed by atoms with van der Waals surface area (Å²) in [5.41, 5.74) is 0.972. The monoisotopic (exact) mass is 122 g/mol. The van der Waals surface area contributed by atoms with Crippen LogP contribution in [0.3, 0.4) is 0 Å². The zero-order valence-corrected chi connectivity index (χ0v) is 5.90. The van der Waals surface area contributed by atoms with Gasteiger partial charge in [0.2, 0.25) is 0 Å². The third-order valence-corrected chi connectivity index (χ3v) is 4.35. The predicted octanol–water partition coefficient (Wildman–Crippen LogP) is 2.59. The van der Waals surface area contributed by atoms with Crippen LogP contribution in [0, 0.1) is 17.3 Å². The van der Waals surface area contributed by atoms with Crippen molar-refractivity contribution in [1.29, 1.82) is 0 Å². The third-order valence-electron chi connectivity index (χ3n) is 4.35. The lowest BCUT2D eigenvalue weighted by molar-refractivity contribution is -0.119. The Morgan fingerprint density at radius 1 is 1.00 bits per heavy atom. The van der Waals surface area contributed by atoms with Crippen LogP contribution in [0.25, 0.3) is 0 Å². The number of hydrogen-bond acceptors (Lipinski definition) is 0. The highest BCUT2D eigenvalue weighted by atomic mass is 14.7. The van der Waals surface area contributed by atoms with Gasteiger partial charge < -0.3 is 0 Å². The fourth-order valence-electron chi connectivity index (χ4n) is 3.64. The topological polar surface area (TPSA) is 0 Å². The smallest absolute Gasteiger partial charge is 0.0241 e. The fourth-order valence-corrected chi connectivity index (χ4v) is 3.64. The van der Waals surface area contributed by atoms with E-state index in [1.807, 2.05) is 0 Å². The van der Waals surface area contributed by atoms with Gasteiger partial charge >= 0.3 is 0 Å². The first-order valence-electron chi connectivity index (χ1n) is 4.42. The summed E-state index contributed by atoms with van der Waals surface area (Å²) in [6, 6.07) is 0. The molecule has 0 aromatic heterocycles. The van der Waals surface area contributed by atoms with E-state index < -0.39 is 0 Å². The van der Waals surface area contributed by atoms with E-state index in [-0.39, 0.29) is 0 Å². The average Bonchev–Trinajstić information content (AvgIpc) is 2.23. The Morgan fingerprint density at radius 2 is 1.89 bits per heavy atom. The Labute approximate surface area is 56.6 Å². The Hall–Kier alpha value is 0. The minimum atomic E-state index is 0.972. The van der Waals surface area contributed by atoms with Crippen LogP contribution in [0.2, 0.25) is 0 Å². The largest absolute Gasteiger partial charge is 0.0525 e. The molecule has 0 bridgehead atoms. The molecule has 3 rings (SSSR count). The molecule has 3 fully saturated rings. The van der Waals surface area contributed by atoms with Gasteiger partial charge in [0.25, 0.3) is 0 Å². The summed E-state index contributed by atoms with van der Waals surface area (Å²) in [5, 5.41) is 0. The van der Waals surface area contributed by atoms with Gasteiger partial charge in [-0.05, 0) is 49.4 Å². The van der Waals surface area contributed by atoms with Crippen LogP contribution in [0.4, 0.5) is 0 Å². The minimum absolute atomic E-state index is 0.972. The van der Waals surface area contributed by atoms with E-state index in [9.17, 15) is 0 Å². The first kappa shape index (κ1) is 4.76. The molecule has 0 aromatic carbocycles. The standard InChI is InChI=1S/C9H14/c1-2-7-6-8-3-5-9(7,8)4-1/h7-8H,1-6H2/t7-,8+,9+/m0/s1. The van der Waals surface area contributed by atoms with Crippen LogP contribution in [0.5, 0.6) is 0 Å². The summed E-state index contributed by atoms with van der Waals surface area (Å²) in [6.45, 7) is 0. The Morgan fingerprint density at radius 3 is 2.33 bits per heavy atom. The Bertz CT molecular complexity index is 150. The van der Waals surface area contributed by atoms with Gasteiger partial charge in [0.1, 0.15) is 0 Å². The summed E-state index contributed by atoms with van der Waals surface area (Å²) in [5.74, 6) is 2.42. The molecule has 1 spiro atoms. The molecule has 3 atom stereocenters. The molecule has 0 radical (unpaired) electrons. The Balaban J connectivity index is 1.95. The molecule has 0 heterocycles. The van der Waals surface area contributed by atoms with Crippen LogP contribution in [0.1, 0.15) is 38.5 Å². The van der Waals surface area contributed by atoms with Crippen LogP contribution in [-0.2, 0) is 0 Å². The first-order chi connectivity index (χ1) is 4.42. The van der Waals surface area contributed by atoms with Gasteiger partial charge in [-0.15, -0.1) is 0 Å². The van der Waals surface area contributed by atoms with Crippen molar-refractivity contribution < 1.29 is 0 Å². The maximum atomic E-state index is 1.61. The van der Waals surface area contributed by atoms with E-state index in [2.05, 4.69) is 0 Å². The molecule has 0 heteroatoms. The van der Waals surface area contributed by atoms with Gasteiger partial charge in [0.05, 0.1) is 0 Å². The highest BCUT2D eigenvalue weighted by Gasteiger charge is 2.61.